The molecular weight excluding hydrogens is 1470 g/mol. The molecule has 0 aliphatic heterocycles. The van der Waals surface area contributed by atoms with Gasteiger partial charge >= 0.3 is 168 Å². The molecule has 8 aromatic rings. The van der Waals surface area contributed by atoms with Gasteiger partial charge in [0.1, 0.15) is 17.2 Å². The van der Waals surface area contributed by atoms with Gasteiger partial charge in [-0.05, 0) is 109 Å². The molecule has 8 rings (SSSR count). The first-order valence-electron chi connectivity index (χ1n) is 26.9. The van der Waals surface area contributed by atoms with E-state index in [1.54, 1.807) is 31.4 Å². The molecule has 0 bridgehead atoms. The van der Waals surface area contributed by atoms with E-state index in [-0.39, 0.29) is 75.0 Å². The van der Waals surface area contributed by atoms with Crippen LogP contribution in [0.3, 0.4) is 0 Å². The summed E-state index contributed by atoms with van der Waals surface area (Å²) < 4.78 is 219. The average molecular weight is 1530 g/mol. The van der Waals surface area contributed by atoms with E-state index < -0.39 is 95.7 Å². The van der Waals surface area contributed by atoms with Crippen molar-refractivity contribution in [3.05, 3.63) is 174 Å². The summed E-state index contributed by atoms with van der Waals surface area (Å²) in [7, 11) is -13.6. The van der Waals surface area contributed by atoms with Gasteiger partial charge < -0.3 is 23.8 Å². The van der Waals surface area contributed by atoms with Crippen LogP contribution < -0.4 is 108 Å². The number of H-pyrrole nitrogens is 2. The zero-order valence-corrected chi connectivity index (χ0v) is 65.7. The normalized spacial score (nSPS) is 12.3. The third-order valence-corrected chi connectivity index (χ3v) is 14.5. The molecule has 0 amide bonds. The van der Waals surface area contributed by atoms with Crippen LogP contribution in [-0.2, 0) is 55.0 Å². The Hall–Kier alpha value is -3.57. The zero-order valence-electron chi connectivity index (χ0n) is 52.9. The van der Waals surface area contributed by atoms with Gasteiger partial charge in [0.15, 0.2) is 0 Å². The van der Waals surface area contributed by atoms with Gasteiger partial charge in [-0.25, -0.2) is 41.0 Å². The molecule has 1 unspecified atom stereocenters. The van der Waals surface area contributed by atoms with Crippen molar-refractivity contribution in [3.63, 3.8) is 0 Å². The van der Waals surface area contributed by atoms with Crippen molar-refractivity contribution in [2.75, 3.05) is 31.5 Å². The number of hydrogen-bond donors (Lipinski definition) is 4. The number of halogens is 9. The number of anilines is 1. The molecule has 6 aromatic carbocycles. The quantitative estimate of drug-likeness (QED) is 0.0267. The number of benzene rings is 6. The summed E-state index contributed by atoms with van der Waals surface area (Å²) in [4.78, 5) is 61.6. The van der Waals surface area contributed by atoms with E-state index in [4.69, 9.17) is 24.2 Å². The molecule has 40 heteroatoms. The van der Waals surface area contributed by atoms with Crippen LogP contribution in [0.1, 0.15) is 60.1 Å². The number of alkyl halides is 9. The third kappa shape index (κ3) is 24.6. The predicted molar refractivity (Wildman–Crippen MR) is 338 cm³/mol. The van der Waals surface area contributed by atoms with Crippen LogP contribution >= 0.6 is 8.25 Å². The number of sulfonamides is 2. The van der Waals surface area contributed by atoms with Gasteiger partial charge in [-0.1, -0.05) is 85.4 Å². The van der Waals surface area contributed by atoms with E-state index in [0.29, 0.717) is 45.3 Å². The van der Waals surface area contributed by atoms with Gasteiger partial charge in [-0.3, -0.25) is 33.4 Å². The van der Waals surface area contributed by atoms with E-state index >= 15 is 0 Å². The molecule has 0 fully saturated rings. The molecule has 24 nitrogen and oxygen atoms in total. The number of primary sulfonamides is 1. The number of aromatic amines is 2. The Balaban J connectivity index is 0.000000572. The number of rotatable bonds is 15. The van der Waals surface area contributed by atoms with Crippen LogP contribution in [0, 0.1) is 0 Å². The Labute approximate surface area is 637 Å². The van der Waals surface area contributed by atoms with E-state index in [1.807, 2.05) is 61.9 Å². The minimum atomic E-state index is -6.95. The molecule has 0 saturated carbocycles. The second-order valence-electron chi connectivity index (χ2n) is 21.8. The summed E-state index contributed by atoms with van der Waals surface area (Å²) in [6, 6.07) is 27.6. The van der Waals surface area contributed by atoms with Crippen LogP contribution in [0.4, 0.5) is 45.2 Å². The van der Waals surface area contributed by atoms with Crippen molar-refractivity contribution < 1.29 is 154 Å². The number of ether oxygens (including phenoxy) is 3. The summed E-state index contributed by atoms with van der Waals surface area (Å²) in [5.74, 6) is 0.0457. The molecule has 5 N–H and O–H groups in total. The zero-order chi connectivity index (χ0) is 72.6. The number of hydrogen-bond acceptors (Lipinski definition) is 18. The first kappa shape index (κ1) is 89.5. The fourth-order valence-electron chi connectivity index (χ4n) is 8.47. The Bertz CT molecular complexity index is 4760. The van der Waals surface area contributed by atoms with Gasteiger partial charge in [0.2, 0.25) is 20.0 Å². The van der Waals surface area contributed by atoms with Gasteiger partial charge in [-0.2, -0.15) is 47.9 Å². The molecule has 0 saturated heterocycles. The first-order valence-corrected chi connectivity index (χ1v) is 49.2. The van der Waals surface area contributed by atoms with Gasteiger partial charge in [0, 0.05) is 52.5 Å². The molecule has 97 heavy (non-hydrogen) atoms. The maximum absolute atomic E-state index is 14.2. The maximum atomic E-state index is 14.2. The number of aromatic nitrogens is 4. The summed E-state index contributed by atoms with van der Waals surface area (Å²) in [5.41, 5.74) is 2.28. The summed E-state index contributed by atoms with van der Waals surface area (Å²) in [6.07, 6.45) is -15.8. The first-order chi connectivity index (χ1) is 43.4. The number of nitrogens with one attached hydrogen (secondary N) is 3. The molecule has 2 aromatic heterocycles. The average Bonchev–Trinajstić information content (AvgIpc) is 0.760. The van der Waals surface area contributed by atoms with E-state index in [9.17, 15) is 83.9 Å². The summed E-state index contributed by atoms with van der Waals surface area (Å²) in [5, 5.41) is 8.28. The number of nitrogens with two attached hydrogens (primary N) is 1. The van der Waals surface area contributed by atoms with Crippen molar-refractivity contribution in [3.8, 4) is 50.9 Å². The van der Waals surface area contributed by atoms with E-state index in [0.717, 1.165) is 64.2 Å². The van der Waals surface area contributed by atoms with Crippen molar-refractivity contribution in [1.29, 1.82) is 0 Å². The van der Waals surface area contributed by atoms with Gasteiger partial charge in [0.25, 0.3) is 11.1 Å². The molecule has 0 radical (unpaired) electrons. The Morgan fingerprint density at radius 2 is 0.938 bits per heavy atom. The standard InChI is InChI=1S/C29H23F9N2O7S.C26H27N3O5S.CH5NO2S.CH4.3K.HO4P/c1-25(2,3)21-14-18(40-10-9-22(41)39-24(40)42)13-20(23(21)45-4)17-6-5-16-12-19(8-7-15(16)11-17)46-48(43,44)29(37,38)28(35,36)47-27(33,34)26(30,31)32;1-26(2,3)22-15-20(29-11-10-23(30)27-25(29)31)14-21(24(22)34-4)18-7-6-17-13-19(28-35(5,32)33)9-8-16(17)12-18;1-5(2,3)4;;;;;1-4-5(2)3/h5-14H,1-4H3,(H,39,41,42);6-15,28H,1-5H3,(H,27,30,31);1H3,(H2,2,3,4);1H4;;;;1H/q;;;;;;+1;/p-1. The van der Waals surface area contributed by atoms with Crippen molar-refractivity contribution in [1.82, 2.24) is 19.1 Å². The van der Waals surface area contributed by atoms with Crippen LogP contribution in [-0.4, -0.2) is 158 Å². The Morgan fingerprint density at radius 3 is 1.28 bits per heavy atom. The van der Waals surface area contributed by atoms with Crippen molar-refractivity contribution in [2.45, 2.75) is 83.4 Å². The number of fused-ring (bicyclic) bond motifs is 2. The number of nitrogens with zero attached hydrogens (tertiary/aromatic N) is 2. The SMILES string of the molecule is C.COc1c(-c2ccc3cc(NS(C)(=O)=O)ccc3c2)cc(-n2ccc(=O)[nH]c2=O)cc1C(C)(C)C.COc1c(-c2ccc3cc(OS(=O)(=O)C(F)(F)C(F)(F)OC(F)(F)C(F)(F)F)ccc3c2)cc(-n2ccc(=O)[nH]c2=O)cc1C(C)(C)C.CS(N)(=O)=O.O=[P+]([O-])O[O-].[K+].[K][K]. The van der Waals surface area contributed by atoms with Crippen LogP contribution in [0.15, 0.2) is 141 Å². The van der Waals surface area contributed by atoms with Crippen LogP contribution in [0.5, 0.6) is 17.2 Å². The Morgan fingerprint density at radius 1 is 0.577 bits per heavy atom. The van der Waals surface area contributed by atoms with Crippen LogP contribution in [0.25, 0.3) is 55.2 Å². The topological polar surface area (TPSA) is 360 Å². The second-order valence-corrected chi connectivity index (χ2v) is 27.4. The molecule has 1 atom stereocenters. The minimum absolute atomic E-state index is 0. The van der Waals surface area contributed by atoms with Crippen molar-refractivity contribution >= 4 is 129 Å². The molecule has 0 aliphatic carbocycles. The third-order valence-electron chi connectivity index (χ3n) is 12.5. The fourth-order valence-corrected chi connectivity index (χ4v) is 9.82. The Kier molecular flexibility index (Phi) is 32.8. The second kappa shape index (κ2) is 35.5. The molecule has 0 aliphatic rings. The van der Waals surface area contributed by atoms with E-state index in [2.05, 4.69) is 49.5 Å². The monoisotopic (exact) mass is 1530 g/mol. The van der Waals surface area contributed by atoms with Crippen molar-refractivity contribution in [2.24, 2.45) is 5.14 Å². The summed E-state index contributed by atoms with van der Waals surface area (Å²) in [6.45, 7) is 11.8. The summed E-state index contributed by atoms with van der Waals surface area (Å²) >= 11 is 2.50. The van der Waals surface area contributed by atoms with Gasteiger partial charge in [0.05, 0.1) is 38.1 Å². The number of methoxy groups -OCH3 is 2. The van der Waals surface area contributed by atoms with Gasteiger partial charge in [-0.15, -0.1) is 0 Å². The fraction of sp³-hybridized carbons (Fsp3) is 0.298. The molecular formula is C57H59F9K3N6O18PS3. The molecule has 514 valence electrons. The van der Waals surface area contributed by atoms with E-state index in [1.165, 1.54) is 116 Å². The molecule has 2 heterocycles. The van der Waals surface area contributed by atoms with Crippen LogP contribution in [0.2, 0.25) is 0 Å². The molecule has 0 spiro atoms. The predicted octanol–water partition coefficient (Wildman–Crippen LogP) is 4.82.